The van der Waals surface area contributed by atoms with Crippen molar-refractivity contribution < 1.29 is 39.5 Å². The number of rotatable bonds is 5. The van der Waals surface area contributed by atoms with Crippen molar-refractivity contribution in [1.82, 2.24) is 0 Å². The predicted molar refractivity (Wildman–Crippen MR) is 78.2 cm³/mol. The lowest BCUT2D eigenvalue weighted by molar-refractivity contribution is 0.397. The van der Waals surface area contributed by atoms with E-state index in [1.54, 1.807) is 0 Å². The Bertz CT molecular complexity index is 799. The highest BCUT2D eigenvalue weighted by atomic mass is 19.2. The molecule has 0 N–H and O–H groups in total. The first kappa shape index (κ1) is 21.9. The van der Waals surface area contributed by atoms with E-state index in [1.807, 2.05) is 0 Å². The van der Waals surface area contributed by atoms with Crippen LogP contribution in [0.2, 0.25) is 0 Å². The van der Waals surface area contributed by atoms with Crippen molar-refractivity contribution in [1.29, 1.82) is 0 Å². The number of hydrogen-bond acceptors (Lipinski definition) is 0. The molecule has 0 fully saturated rings. The van der Waals surface area contributed by atoms with Crippen molar-refractivity contribution >= 4 is 5.57 Å². The fraction of sp³-hybridized carbons (Fsp3) is 0.294. The zero-order valence-corrected chi connectivity index (χ0v) is 13.8. The monoisotopic (exact) mass is 388 g/mol. The van der Waals surface area contributed by atoms with Crippen LogP contribution in [0.15, 0.2) is 29.6 Å². The highest BCUT2D eigenvalue weighted by Crippen LogP contribution is 2.40. The molecule has 0 heterocycles. The first-order valence-electron chi connectivity index (χ1n) is 7.25. The summed E-state index contributed by atoms with van der Waals surface area (Å²) in [5.74, 6) is -19.0. The average Bonchev–Trinajstić information content (AvgIpc) is 2.62. The average molecular weight is 388 g/mol. The Kier molecular flexibility index (Phi) is 7.11. The molecule has 1 rings (SSSR count). The molecule has 0 saturated carbocycles. The van der Waals surface area contributed by atoms with Gasteiger partial charge in [-0.3, -0.25) is 0 Å². The summed E-state index contributed by atoms with van der Waals surface area (Å²) in [5, 5.41) is 0. The van der Waals surface area contributed by atoms with Gasteiger partial charge < -0.3 is 0 Å². The van der Waals surface area contributed by atoms with E-state index in [1.165, 1.54) is 13.8 Å². The maximum atomic E-state index is 14.1. The van der Waals surface area contributed by atoms with Crippen LogP contribution in [-0.4, -0.2) is 0 Å². The maximum Gasteiger partial charge on any atom is 0.198 e. The molecule has 144 valence electrons. The lowest BCUT2D eigenvalue weighted by Gasteiger charge is -2.19. The maximum absolute atomic E-state index is 14.1. The summed E-state index contributed by atoms with van der Waals surface area (Å²) in [6.45, 7) is 3.05. The van der Waals surface area contributed by atoms with E-state index in [2.05, 4.69) is 0 Å². The molecule has 0 aliphatic heterocycles. The normalized spacial score (nSPS) is 15.6. The van der Waals surface area contributed by atoms with Gasteiger partial charge in [0.05, 0.1) is 11.9 Å². The van der Waals surface area contributed by atoms with Crippen LogP contribution in [0.1, 0.15) is 44.2 Å². The van der Waals surface area contributed by atoms with Crippen molar-refractivity contribution in [2.24, 2.45) is 0 Å². The van der Waals surface area contributed by atoms with Crippen LogP contribution in [-0.2, 0) is 0 Å². The van der Waals surface area contributed by atoms with Crippen LogP contribution in [0, 0.1) is 23.3 Å². The van der Waals surface area contributed by atoms with Crippen LogP contribution >= 0.6 is 0 Å². The molecule has 0 amide bonds. The summed E-state index contributed by atoms with van der Waals surface area (Å²) in [6, 6.07) is 0. The van der Waals surface area contributed by atoms with E-state index in [4.69, 9.17) is 0 Å². The zero-order valence-electron chi connectivity index (χ0n) is 13.8. The van der Waals surface area contributed by atoms with Gasteiger partial charge >= 0.3 is 0 Å². The van der Waals surface area contributed by atoms with Gasteiger partial charge in [-0.25, -0.2) is 39.5 Å². The second-order valence-electron chi connectivity index (χ2n) is 5.35. The smallest absolute Gasteiger partial charge is 0.198 e. The van der Waals surface area contributed by atoms with Crippen LogP contribution in [0.3, 0.4) is 0 Å². The molecule has 1 atom stereocenters. The van der Waals surface area contributed by atoms with Crippen molar-refractivity contribution in [3.63, 3.8) is 0 Å². The van der Waals surface area contributed by atoms with Gasteiger partial charge in [-0.05, 0) is 19.3 Å². The highest BCUT2D eigenvalue weighted by molar-refractivity contribution is 5.80. The summed E-state index contributed by atoms with van der Waals surface area (Å²) >= 11 is 0. The van der Waals surface area contributed by atoms with Gasteiger partial charge in [-0.1, -0.05) is 13.8 Å². The van der Waals surface area contributed by atoms with Crippen LogP contribution < -0.4 is 0 Å². The molecular formula is C17H13F9. The Morgan fingerprint density at radius 2 is 1.35 bits per heavy atom. The van der Waals surface area contributed by atoms with Gasteiger partial charge in [-0.2, -0.15) is 0 Å². The van der Waals surface area contributed by atoms with Crippen molar-refractivity contribution in [3.8, 4) is 0 Å². The van der Waals surface area contributed by atoms with Gasteiger partial charge in [0.2, 0.25) is 0 Å². The lowest BCUT2D eigenvalue weighted by atomic mass is 9.88. The van der Waals surface area contributed by atoms with E-state index in [0.29, 0.717) is 6.92 Å². The second kappa shape index (κ2) is 8.46. The van der Waals surface area contributed by atoms with Gasteiger partial charge in [0, 0.05) is 11.1 Å². The second-order valence-corrected chi connectivity index (χ2v) is 5.35. The topological polar surface area (TPSA) is 0 Å². The fourth-order valence-corrected chi connectivity index (χ4v) is 2.16. The number of halogens is 9. The summed E-state index contributed by atoms with van der Waals surface area (Å²) in [5.41, 5.74) is -4.17. The van der Waals surface area contributed by atoms with Crippen molar-refractivity contribution in [2.75, 3.05) is 0 Å². The molecule has 0 radical (unpaired) electrons. The summed E-state index contributed by atoms with van der Waals surface area (Å²) in [4.78, 5) is 0. The number of allylic oxidation sites excluding steroid dienone is 5. The van der Waals surface area contributed by atoms with Gasteiger partial charge in [0.15, 0.2) is 40.7 Å². The molecule has 0 bridgehead atoms. The molecule has 0 saturated heterocycles. The Morgan fingerprint density at radius 1 is 0.846 bits per heavy atom. The molecule has 0 spiro atoms. The molecular weight excluding hydrogens is 375 g/mol. The molecule has 0 aliphatic carbocycles. The van der Waals surface area contributed by atoms with Crippen LogP contribution in [0.4, 0.5) is 39.5 Å². The third kappa shape index (κ3) is 3.81. The zero-order chi connectivity index (χ0) is 20.3. The highest BCUT2D eigenvalue weighted by Gasteiger charge is 2.32. The van der Waals surface area contributed by atoms with Crippen molar-refractivity contribution in [3.05, 3.63) is 64.0 Å². The van der Waals surface area contributed by atoms with Gasteiger partial charge in [-0.15, -0.1) is 0 Å². The predicted octanol–water partition coefficient (Wildman–Crippen LogP) is 7.39. The molecule has 0 aliphatic rings. The first-order valence-corrected chi connectivity index (χ1v) is 7.25. The van der Waals surface area contributed by atoms with E-state index in [9.17, 15) is 39.5 Å². The minimum absolute atomic E-state index is 0.000332. The first-order chi connectivity index (χ1) is 12.0. The van der Waals surface area contributed by atoms with Crippen LogP contribution in [0.5, 0.6) is 0 Å². The number of hydrogen-bond donors (Lipinski definition) is 0. The lowest BCUT2D eigenvalue weighted by Crippen LogP contribution is -2.11. The Labute approximate surface area is 143 Å². The third-order valence-corrected chi connectivity index (χ3v) is 3.71. The summed E-state index contributed by atoms with van der Waals surface area (Å²) in [7, 11) is 0. The Morgan fingerprint density at radius 3 is 1.77 bits per heavy atom. The quantitative estimate of drug-likeness (QED) is 0.214. The molecule has 26 heavy (non-hydrogen) atoms. The molecule has 9 heteroatoms. The Balaban J connectivity index is 3.94. The third-order valence-electron chi connectivity index (χ3n) is 3.71. The molecule has 0 nitrogen and oxygen atoms in total. The summed E-state index contributed by atoms with van der Waals surface area (Å²) in [6.07, 6.45) is -0.781. The fourth-order valence-electron chi connectivity index (χ4n) is 2.16. The van der Waals surface area contributed by atoms with Crippen LogP contribution in [0.25, 0.3) is 5.57 Å². The standard InChI is InChI=1S/C17H13F9/c1-4-6(2)9-10(14(23)17(26)16(25)13(9)22)8(5-18)12(21)15(24)11(20)7(3)19/h5-6H,4H2,1-3H3/b8-5+,11-7-,15-12-. The minimum atomic E-state index is -2.55. The molecule has 1 aromatic carbocycles. The van der Waals surface area contributed by atoms with E-state index < -0.39 is 75.5 Å². The minimum Gasteiger partial charge on any atom is -0.215 e. The van der Waals surface area contributed by atoms with Gasteiger partial charge in [0.25, 0.3) is 0 Å². The van der Waals surface area contributed by atoms with E-state index in [-0.39, 0.29) is 6.42 Å². The molecule has 0 aromatic heterocycles. The largest absolute Gasteiger partial charge is 0.215 e. The molecule has 1 aromatic rings. The SMILES string of the molecule is CCC(C)c1c(F)c(F)c(F)c(F)c1C(=C\F)/C(F)=C(F)\C(F)=C(/C)F. The molecule has 1 unspecified atom stereocenters. The van der Waals surface area contributed by atoms with E-state index >= 15 is 0 Å². The van der Waals surface area contributed by atoms with E-state index in [0.717, 1.165) is 0 Å². The van der Waals surface area contributed by atoms with Gasteiger partial charge in [0.1, 0.15) is 5.83 Å². The Hall–Kier alpha value is -2.19. The number of benzene rings is 1. The summed E-state index contributed by atoms with van der Waals surface area (Å²) < 4.78 is 122. The van der Waals surface area contributed by atoms with Crippen molar-refractivity contribution in [2.45, 2.75) is 33.1 Å².